The molecule has 1 fully saturated rings. The smallest absolute Gasteiger partial charge is 0.265 e. The van der Waals surface area contributed by atoms with Crippen LogP contribution in [0.5, 0.6) is 0 Å². The van der Waals surface area contributed by atoms with Crippen molar-refractivity contribution in [3.8, 4) is 6.07 Å². The van der Waals surface area contributed by atoms with Gasteiger partial charge >= 0.3 is 0 Å². The van der Waals surface area contributed by atoms with Crippen molar-refractivity contribution in [2.24, 2.45) is 0 Å². The number of hydrogen-bond acceptors (Lipinski definition) is 4. The maximum Gasteiger partial charge on any atom is 0.265 e. The van der Waals surface area contributed by atoms with Crippen molar-refractivity contribution in [3.63, 3.8) is 0 Å². The van der Waals surface area contributed by atoms with Crippen LogP contribution in [0, 0.1) is 11.3 Å². The van der Waals surface area contributed by atoms with Crippen LogP contribution in [0.25, 0.3) is 0 Å². The molecule has 0 aliphatic carbocycles. The quantitative estimate of drug-likeness (QED) is 0.452. The van der Waals surface area contributed by atoms with Crippen molar-refractivity contribution in [2.75, 3.05) is 33.7 Å². The Balaban J connectivity index is 2.55. The van der Waals surface area contributed by atoms with E-state index in [-0.39, 0.29) is 17.5 Å². The minimum absolute atomic E-state index is 0.175. The maximum absolute atomic E-state index is 12.3. The summed E-state index contributed by atoms with van der Waals surface area (Å²) in [6.07, 6.45) is 5.63. The number of piperidine rings is 1. The van der Waals surface area contributed by atoms with Gasteiger partial charge in [-0.25, -0.2) is 0 Å². The number of carbonyl (C=O) groups excluding carboxylic acids is 1. The lowest BCUT2D eigenvalue weighted by Crippen LogP contribution is -2.45. The number of hydrogen-bond donors (Lipinski definition) is 1. The summed E-state index contributed by atoms with van der Waals surface area (Å²) in [5.74, 6) is -0.175. The molecule has 20 heavy (non-hydrogen) atoms. The number of nitriles is 1. The molecule has 0 spiro atoms. The number of carbonyl (C=O) groups is 1. The van der Waals surface area contributed by atoms with E-state index < -0.39 is 0 Å². The highest BCUT2D eigenvalue weighted by Crippen LogP contribution is 2.15. The second-order valence-corrected chi connectivity index (χ2v) is 5.43. The van der Waals surface area contributed by atoms with Gasteiger partial charge in [-0.2, -0.15) is 5.26 Å². The van der Waals surface area contributed by atoms with Gasteiger partial charge in [0.25, 0.3) is 5.91 Å². The van der Waals surface area contributed by atoms with E-state index >= 15 is 0 Å². The van der Waals surface area contributed by atoms with Gasteiger partial charge in [-0.3, -0.25) is 4.79 Å². The van der Waals surface area contributed by atoms with Crippen LogP contribution in [0.15, 0.2) is 11.8 Å². The molecule has 0 saturated carbocycles. The number of likely N-dealkylation sites (N-methyl/N-ethyl adjacent to an activating group) is 1. The Bertz CT molecular complexity index is 378. The summed E-state index contributed by atoms with van der Waals surface area (Å²) in [6, 6.07) is 2.25. The number of unbranched alkanes of at least 4 members (excludes halogenated alkanes) is 1. The summed E-state index contributed by atoms with van der Waals surface area (Å²) in [7, 11) is 3.89. The van der Waals surface area contributed by atoms with E-state index in [2.05, 4.69) is 24.2 Å². The van der Waals surface area contributed by atoms with Gasteiger partial charge in [-0.05, 0) is 39.4 Å². The topological polar surface area (TPSA) is 59.4 Å². The first-order valence-corrected chi connectivity index (χ1v) is 7.39. The monoisotopic (exact) mass is 278 g/mol. The first-order chi connectivity index (χ1) is 9.60. The first-order valence-electron chi connectivity index (χ1n) is 7.39. The molecule has 1 rings (SSSR count). The largest absolute Gasteiger partial charge is 0.390 e. The van der Waals surface area contributed by atoms with Gasteiger partial charge in [0.1, 0.15) is 11.6 Å². The Kier molecular flexibility index (Phi) is 7.10. The van der Waals surface area contributed by atoms with Crippen molar-refractivity contribution in [2.45, 2.75) is 38.6 Å². The molecule has 112 valence electrons. The number of likely N-dealkylation sites (tertiary alicyclic amines) is 1. The third-order valence-electron chi connectivity index (χ3n) is 3.83. The van der Waals surface area contributed by atoms with Gasteiger partial charge in [0.15, 0.2) is 0 Å². The van der Waals surface area contributed by atoms with Crippen molar-refractivity contribution >= 4 is 5.91 Å². The van der Waals surface area contributed by atoms with E-state index in [1.165, 1.54) is 0 Å². The molecule has 1 aliphatic rings. The molecule has 0 aromatic carbocycles. The number of nitrogens with one attached hydrogen (secondary N) is 1. The summed E-state index contributed by atoms with van der Waals surface area (Å²) in [5, 5.41) is 12.2. The molecule has 1 N–H and O–H groups in total. The number of nitrogens with zero attached hydrogens (tertiary/aromatic N) is 3. The zero-order valence-electron chi connectivity index (χ0n) is 12.9. The second-order valence-electron chi connectivity index (χ2n) is 5.43. The van der Waals surface area contributed by atoms with Gasteiger partial charge < -0.3 is 15.1 Å². The van der Waals surface area contributed by atoms with Crippen molar-refractivity contribution in [3.05, 3.63) is 11.8 Å². The molecule has 0 radical (unpaired) electrons. The highest BCUT2D eigenvalue weighted by atomic mass is 16.2. The van der Waals surface area contributed by atoms with Crippen LogP contribution in [0.1, 0.15) is 32.6 Å². The molecule has 0 aromatic heterocycles. The van der Waals surface area contributed by atoms with Crippen LogP contribution >= 0.6 is 0 Å². The SMILES string of the molecule is CCCCN/C=C(/C#N)C(=O)N(C)C1CCN(C)CC1. The molecule has 0 unspecified atom stereocenters. The van der Waals surface area contributed by atoms with Crippen LogP contribution in [0.3, 0.4) is 0 Å². The number of rotatable bonds is 6. The van der Waals surface area contributed by atoms with E-state index in [9.17, 15) is 4.79 Å². The zero-order valence-corrected chi connectivity index (χ0v) is 12.9. The number of amides is 1. The van der Waals surface area contributed by atoms with Crippen LogP contribution in [0.2, 0.25) is 0 Å². The maximum atomic E-state index is 12.3. The predicted molar refractivity (Wildman–Crippen MR) is 79.9 cm³/mol. The van der Waals surface area contributed by atoms with Gasteiger partial charge in [-0.1, -0.05) is 13.3 Å². The van der Waals surface area contributed by atoms with E-state index in [4.69, 9.17) is 5.26 Å². The van der Waals surface area contributed by atoms with Crippen molar-refractivity contribution in [1.29, 1.82) is 5.26 Å². The fourth-order valence-corrected chi connectivity index (χ4v) is 2.33. The summed E-state index contributed by atoms with van der Waals surface area (Å²) in [6.45, 7) is 4.91. The average Bonchev–Trinajstić information content (AvgIpc) is 2.47. The third-order valence-corrected chi connectivity index (χ3v) is 3.83. The lowest BCUT2D eigenvalue weighted by Gasteiger charge is -2.34. The van der Waals surface area contributed by atoms with Gasteiger partial charge in [0.2, 0.25) is 0 Å². The van der Waals surface area contributed by atoms with E-state index in [0.717, 1.165) is 45.3 Å². The minimum atomic E-state index is -0.175. The molecule has 0 aromatic rings. The first kappa shape index (κ1) is 16.5. The Labute approximate surface area is 122 Å². The predicted octanol–water partition coefficient (Wildman–Crippen LogP) is 1.34. The lowest BCUT2D eigenvalue weighted by molar-refractivity contribution is -0.128. The molecular weight excluding hydrogens is 252 g/mol. The van der Waals surface area contributed by atoms with Gasteiger partial charge in [-0.15, -0.1) is 0 Å². The summed E-state index contributed by atoms with van der Waals surface area (Å²) in [4.78, 5) is 16.3. The van der Waals surface area contributed by atoms with Crippen LogP contribution in [-0.2, 0) is 4.79 Å². The van der Waals surface area contributed by atoms with E-state index in [1.807, 2.05) is 6.07 Å². The zero-order chi connectivity index (χ0) is 15.0. The third kappa shape index (κ3) is 4.86. The Morgan fingerprint density at radius 2 is 2.15 bits per heavy atom. The lowest BCUT2D eigenvalue weighted by atomic mass is 10.0. The van der Waals surface area contributed by atoms with E-state index in [1.54, 1.807) is 18.1 Å². The fourth-order valence-electron chi connectivity index (χ4n) is 2.33. The van der Waals surface area contributed by atoms with Gasteiger partial charge in [0.05, 0.1) is 0 Å². The van der Waals surface area contributed by atoms with Gasteiger partial charge in [0, 0.05) is 25.8 Å². The van der Waals surface area contributed by atoms with Crippen LogP contribution < -0.4 is 5.32 Å². The average molecular weight is 278 g/mol. The standard InChI is InChI=1S/C15H26N4O/c1-4-5-8-17-12-13(11-16)15(20)19(3)14-6-9-18(2)10-7-14/h12,14,17H,4-10H2,1-3H3/b13-12-. The highest BCUT2D eigenvalue weighted by molar-refractivity contribution is 5.97. The Morgan fingerprint density at radius 1 is 1.50 bits per heavy atom. The van der Waals surface area contributed by atoms with E-state index in [0.29, 0.717) is 0 Å². The molecule has 5 heteroatoms. The van der Waals surface area contributed by atoms with Crippen molar-refractivity contribution in [1.82, 2.24) is 15.1 Å². The molecular formula is C15H26N4O. The molecule has 0 bridgehead atoms. The normalized spacial score (nSPS) is 17.6. The summed E-state index contributed by atoms with van der Waals surface area (Å²) in [5.41, 5.74) is 0.197. The van der Waals surface area contributed by atoms with Crippen LogP contribution in [0.4, 0.5) is 0 Å². The summed E-state index contributed by atoms with van der Waals surface area (Å²) < 4.78 is 0. The molecule has 1 amide bonds. The Hall–Kier alpha value is -1.54. The fraction of sp³-hybridized carbons (Fsp3) is 0.733. The summed E-state index contributed by atoms with van der Waals surface area (Å²) >= 11 is 0. The molecule has 1 heterocycles. The molecule has 1 saturated heterocycles. The molecule has 1 aliphatic heterocycles. The van der Waals surface area contributed by atoms with Crippen molar-refractivity contribution < 1.29 is 4.79 Å². The minimum Gasteiger partial charge on any atom is -0.390 e. The molecule has 5 nitrogen and oxygen atoms in total. The molecule has 0 atom stereocenters. The van der Waals surface area contributed by atoms with Crippen LogP contribution in [-0.4, -0.2) is 55.5 Å². The highest BCUT2D eigenvalue weighted by Gasteiger charge is 2.25. The Morgan fingerprint density at radius 3 is 2.70 bits per heavy atom. The second kappa shape index (κ2) is 8.60.